The Morgan fingerprint density at radius 1 is 1.05 bits per heavy atom. The topological polar surface area (TPSA) is 21.3 Å². The number of rotatable bonds is 4. The Hall–Kier alpha value is -1.96. The van der Waals surface area contributed by atoms with Crippen molar-refractivity contribution in [2.45, 2.75) is 39.7 Å². The van der Waals surface area contributed by atoms with Crippen LogP contribution in [0.3, 0.4) is 0 Å². The maximum atomic E-state index is 5.46. The van der Waals surface area contributed by atoms with Crippen LogP contribution in [0, 0.1) is 6.92 Å². The summed E-state index contributed by atoms with van der Waals surface area (Å²) in [6.07, 6.45) is 0. The number of hydrogen-bond acceptors (Lipinski definition) is 2. The zero-order chi connectivity index (χ0) is 15.5. The molecule has 2 nitrogen and oxygen atoms in total. The molecule has 0 spiro atoms. The summed E-state index contributed by atoms with van der Waals surface area (Å²) in [5.74, 6) is 0.885. The fourth-order valence-electron chi connectivity index (χ4n) is 2.33. The lowest BCUT2D eigenvalue weighted by atomic mass is 9.87. The molecule has 1 N–H and O–H groups in total. The minimum Gasteiger partial charge on any atom is -0.495 e. The first kappa shape index (κ1) is 15.4. The van der Waals surface area contributed by atoms with Gasteiger partial charge in [0.15, 0.2) is 0 Å². The largest absolute Gasteiger partial charge is 0.495 e. The average molecular weight is 283 g/mol. The van der Waals surface area contributed by atoms with Gasteiger partial charge in [-0.2, -0.15) is 0 Å². The SMILES string of the molecule is COc1ccc(C(C)(C)C)cc1NCc1cccc(C)c1. The summed E-state index contributed by atoms with van der Waals surface area (Å²) >= 11 is 0. The van der Waals surface area contributed by atoms with E-state index in [0.717, 1.165) is 18.0 Å². The van der Waals surface area contributed by atoms with Crippen LogP contribution in [0.25, 0.3) is 0 Å². The van der Waals surface area contributed by atoms with Crippen molar-refractivity contribution in [3.8, 4) is 5.75 Å². The van der Waals surface area contributed by atoms with Gasteiger partial charge in [0, 0.05) is 6.54 Å². The molecular formula is C19H25NO. The normalized spacial score (nSPS) is 11.3. The fraction of sp³-hybridized carbons (Fsp3) is 0.368. The van der Waals surface area contributed by atoms with Gasteiger partial charge in [0.25, 0.3) is 0 Å². The Kier molecular flexibility index (Phi) is 4.56. The number of aryl methyl sites for hydroxylation is 1. The monoisotopic (exact) mass is 283 g/mol. The summed E-state index contributed by atoms with van der Waals surface area (Å²) in [5.41, 5.74) is 5.04. The second kappa shape index (κ2) is 6.21. The maximum Gasteiger partial charge on any atom is 0.141 e. The molecule has 112 valence electrons. The third-order valence-electron chi connectivity index (χ3n) is 3.63. The molecule has 0 saturated carbocycles. The van der Waals surface area contributed by atoms with Crippen molar-refractivity contribution in [3.05, 3.63) is 59.2 Å². The second-order valence-electron chi connectivity index (χ2n) is 6.51. The van der Waals surface area contributed by atoms with Crippen molar-refractivity contribution in [1.29, 1.82) is 0 Å². The summed E-state index contributed by atoms with van der Waals surface area (Å²) in [6.45, 7) is 9.58. The maximum absolute atomic E-state index is 5.46. The van der Waals surface area contributed by atoms with Gasteiger partial charge in [0.05, 0.1) is 12.8 Å². The van der Waals surface area contributed by atoms with Gasteiger partial charge in [-0.25, -0.2) is 0 Å². The highest BCUT2D eigenvalue weighted by Crippen LogP contribution is 2.31. The lowest BCUT2D eigenvalue weighted by molar-refractivity contribution is 0.416. The van der Waals surface area contributed by atoms with Gasteiger partial charge < -0.3 is 10.1 Å². The van der Waals surface area contributed by atoms with Gasteiger partial charge in [-0.05, 0) is 35.6 Å². The number of methoxy groups -OCH3 is 1. The molecule has 0 atom stereocenters. The Morgan fingerprint density at radius 2 is 1.81 bits per heavy atom. The Labute approximate surface area is 128 Å². The highest BCUT2D eigenvalue weighted by Gasteiger charge is 2.15. The molecule has 0 heterocycles. The van der Waals surface area contributed by atoms with Gasteiger partial charge in [-0.3, -0.25) is 0 Å². The van der Waals surface area contributed by atoms with Gasteiger partial charge in [-0.1, -0.05) is 56.7 Å². The van der Waals surface area contributed by atoms with E-state index in [2.05, 4.69) is 69.4 Å². The first-order chi connectivity index (χ1) is 9.90. The third kappa shape index (κ3) is 4.01. The van der Waals surface area contributed by atoms with E-state index in [1.165, 1.54) is 16.7 Å². The lowest BCUT2D eigenvalue weighted by Gasteiger charge is -2.21. The van der Waals surface area contributed by atoms with E-state index in [4.69, 9.17) is 4.74 Å². The standard InChI is InChI=1S/C19H25NO/c1-14-7-6-8-15(11-14)13-20-17-12-16(19(2,3)4)9-10-18(17)21-5/h6-12,20H,13H2,1-5H3. The first-order valence-electron chi connectivity index (χ1n) is 7.38. The Morgan fingerprint density at radius 3 is 2.43 bits per heavy atom. The molecule has 0 aliphatic carbocycles. The molecule has 21 heavy (non-hydrogen) atoms. The van der Waals surface area contributed by atoms with E-state index >= 15 is 0 Å². The predicted octanol–water partition coefficient (Wildman–Crippen LogP) is 4.91. The Balaban J connectivity index is 2.21. The van der Waals surface area contributed by atoms with Gasteiger partial charge >= 0.3 is 0 Å². The number of nitrogens with one attached hydrogen (secondary N) is 1. The Bertz CT molecular complexity index is 611. The lowest BCUT2D eigenvalue weighted by Crippen LogP contribution is -2.12. The van der Waals surface area contributed by atoms with Crippen LogP contribution in [-0.4, -0.2) is 7.11 Å². The number of hydrogen-bond donors (Lipinski definition) is 1. The van der Waals surface area contributed by atoms with Crippen molar-refractivity contribution in [3.63, 3.8) is 0 Å². The van der Waals surface area contributed by atoms with E-state index in [9.17, 15) is 0 Å². The summed E-state index contributed by atoms with van der Waals surface area (Å²) in [7, 11) is 1.71. The molecule has 2 aromatic carbocycles. The number of ether oxygens (including phenoxy) is 1. The van der Waals surface area contributed by atoms with E-state index in [0.29, 0.717) is 0 Å². The minimum absolute atomic E-state index is 0.131. The van der Waals surface area contributed by atoms with Crippen LogP contribution in [0.5, 0.6) is 5.75 Å². The fourth-order valence-corrected chi connectivity index (χ4v) is 2.33. The first-order valence-corrected chi connectivity index (χ1v) is 7.38. The zero-order valence-electron chi connectivity index (χ0n) is 13.7. The van der Waals surface area contributed by atoms with E-state index < -0.39 is 0 Å². The third-order valence-corrected chi connectivity index (χ3v) is 3.63. The van der Waals surface area contributed by atoms with Crippen LogP contribution >= 0.6 is 0 Å². The molecule has 0 aliphatic heterocycles. The molecule has 0 aliphatic rings. The average Bonchev–Trinajstić information content (AvgIpc) is 2.44. The van der Waals surface area contributed by atoms with Crippen molar-refractivity contribution in [2.24, 2.45) is 0 Å². The van der Waals surface area contributed by atoms with Crippen LogP contribution < -0.4 is 10.1 Å². The summed E-state index contributed by atoms with van der Waals surface area (Å²) < 4.78 is 5.46. The highest BCUT2D eigenvalue weighted by atomic mass is 16.5. The van der Waals surface area contributed by atoms with Crippen molar-refractivity contribution < 1.29 is 4.74 Å². The van der Waals surface area contributed by atoms with Gasteiger partial charge in [-0.15, -0.1) is 0 Å². The van der Waals surface area contributed by atoms with Crippen LogP contribution in [0.1, 0.15) is 37.5 Å². The van der Waals surface area contributed by atoms with Crippen LogP contribution in [0.4, 0.5) is 5.69 Å². The molecule has 0 unspecified atom stereocenters. The molecule has 2 aromatic rings. The van der Waals surface area contributed by atoms with Crippen LogP contribution in [0.15, 0.2) is 42.5 Å². The molecule has 0 aromatic heterocycles. The molecule has 2 rings (SSSR count). The van der Waals surface area contributed by atoms with Crippen LogP contribution in [0.2, 0.25) is 0 Å². The molecule has 0 saturated heterocycles. The van der Waals surface area contributed by atoms with Gasteiger partial charge in [0.1, 0.15) is 5.75 Å². The molecule has 0 fully saturated rings. The van der Waals surface area contributed by atoms with Crippen molar-refractivity contribution in [2.75, 3.05) is 12.4 Å². The number of anilines is 1. The smallest absolute Gasteiger partial charge is 0.141 e. The van der Waals surface area contributed by atoms with Gasteiger partial charge in [0.2, 0.25) is 0 Å². The van der Waals surface area contributed by atoms with E-state index in [-0.39, 0.29) is 5.41 Å². The summed E-state index contributed by atoms with van der Waals surface area (Å²) in [5, 5.41) is 3.50. The highest BCUT2D eigenvalue weighted by molar-refractivity contribution is 5.59. The second-order valence-corrected chi connectivity index (χ2v) is 6.51. The number of benzene rings is 2. The van der Waals surface area contributed by atoms with E-state index in [1.807, 2.05) is 6.07 Å². The minimum atomic E-state index is 0.131. The van der Waals surface area contributed by atoms with Crippen molar-refractivity contribution in [1.82, 2.24) is 0 Å². The quantitative estimate of drug-likeness (QED) is 0.860. The molecular weight excluding hydrogens is 258 g/mol. The molecule has 0 radical (unpaired) electrons. The van der Waals surface area contributed by atoms with Crippen LogP contribution in [-0.2, 0) is 12.0 Å². The van der Waals surface area contributed by atoms with E-state index in [1.54, 1.807) is 7.11 Å². The summed E-state index contributed by atoms with van der Waals surface area (Å²) in [6, 6.07) is 14.9. The summed E-state index contributed by atoms with van der Waals surface area (Å²) in [4.78, 5) is 0. The van der Waals surface area contributed by atoms with Crippen molar-refractivity contribution >= 4 is 5.69 Å². The molecule has 0 amide bonds. The zero-order valence-corrected chi connectivity index (χ0v) is 13.7. The molecule has 0 bridgehead atoms. The molecule has 2 heteroatoms. The predicted molar refractivity (Wildman–Crippen MR) is 90.2 cm³/mol.